The van der Waals surface area contributed by atoms with Gasteiger partial charge in [0.25, 0.3) is 0 Å². The maximum atomic E-state index is 10.4. The van der Waals surface area contributed by atoms with E-state index < -0.39 is 11.9 Å². The van der Waals surface area contributed by atoms with Crippen LogP contribution in [0.3, 0.4) is 0 Å². The predicted molar refractivity (Wildman–Crippen MR) is 109 cm³/mol. The average molecular weight is 407 g/mol. The Balaban J connectivity index is 2.14. The molecule has 134 valence electrons. The number of rotatable bonds is 14. The van der Waals surface area contributed by atoms with Gasteiger partial charge in [-0.3, -0.25) is 9.59 Å². The number of benzene rings is 1. The van der Waals surface area contributed by atoms with Crippen molar-refractivity contribution in [1.82, 2.24) is 0 Å². The number of thioether (sulfide) groups is 4. The fourth-order valence-corrected chi connectivity index (χ4v) is 5.39. The standard InChI is InChI=1S/C16H22O4S4/c17-15(18)11-23-6-4-21-9-13-2-1-3-14(8-13)10-22-5-7-24-12-16(19)20/h1-3,8H,4-7,9-12H2,(H,17,18)(H,19,20). The quantitative estimate of drug-likeness (QED) is 0.452. The van der Waals surface area contributed by atoms with Crippen molar-refractivity contribution in [3.8, 4) is 0 Å². The Kier molecular flexibility index (Phi) is 12.4. The lowest BCUT2D eigenvalue weighted by Gasteiger charge is -2.06. The molecule has 0 radical (unpaired) electrons. The maximum Gasteiger partial charge on any atom is 0.313 e. The molecule has 0 saturated carbocycles. The van der Waals surface area contributed by atoms with E-state index in [0.717, 1.165) is 34.5 Å². The van der Waals surface area contributed by atoms with Crippen molar-refractivity contribution < 1.29 is 19.8 Å². The normalized spacial score (nSPS) is 10.7. The molecule has 0 atom stereocenters. The largest absolute Gasteiger partial charge is 0.481 e. The molecule has 1 aromatic carbocycles. The molecular formula is C16H22O4S4. The van der Waals surface area contributed by atoms with Gasteiger partial charge < -0.3 is 10.2 Å². The number of hydrogen-bond acceptors (Lipinski definition) is 6. The minimum absolute atomic E-state index is 0.179. The number of carboxylic acid groups (broad SMARTS) is 2. The summed E-state index contributed by atoms with van der Waals surface area (Å²) in [5.74, 6) is 4.38. The molecule has 0 fully saturated rings. The van der Waals surface area contributed by atoms with Crippen LogP contribution in [0.15, 0.2) is 24.3 Å². The highest BCUT2D eigenvalue weighted by Crippen LogP contribution is 2.19. The lowest BCUT2D eigenvalue weighted by Crippen LogP contribution is -1.99. The zero-order chi connectivity index (χ0) is 17.6. The molecular weight excluding hydrogens is 384 g/mol. The van der Waals surface area contributed by atoms with Crippen molar-refractivity contribution in [2.45, 2.75) is 11.5 Å². The summed E-state index contributed by atoms with van der Waals surface area (Å²) in [6.07, 6.45) is 0. The van der Waals surface area contributed by atoms with Crippen LogP contribution in [0.1, 0.15) is 11.1 Å². The van der Waals surface area contributed by atoms with Crippen molar-refractivity contribution in [3.63, 3.8) is 0 Å². The van der Waals surface area contributed by atoms with Crippen LogP contribution in [0, 0.1) is 0 Å². The van der Waals surface area contributed by atoms with Crippen LogP contribution >= 0.6 is 47.0 Å². The highest BCUT2D eigenvalue weighted by Gasteiger charge is 2.01. The Morgan fingerprint density at radius 2 is 1.17 bits per heavy atom. The minimum atomic E-state index is -0.753. The highest BCUT2D eigenvalue weighted by atomic mass is 32.2. The molecule has 4 nitrogen and oxygen atoms in total. The monoisotopic (exact) mass is 406 g/mol. The van der Waals surface area contributed by atoms with E-state index in [1.165, 1.54) is 34.7 Å². The van der Waals surface area contributed by atoms with Crippen molar-refractivity contribution in [2.75, 3.05) is 34.5 Å². The van der Waals surface area contributed by atoms with E-state index in [-0.39, 0.29) is 11.5 Å². The van der Waals surface area contributed by atoms with Crippen molar-refractivity contribution in [1.29, 1.82) is 0 Å². The number of aliphatic carboxylic acids is 2. The van der Waals surface area contributed by atoms with E-state index in [0.29, 0.717) is 0 Å². The first-order valence-corrected chi connectivity index (χ1v) is 12.0. The lowest BCUT2D eigenvalue weighted by atomic mass is 10.2. The smallest absolute Gasteiger partial charge is 0.313 e. The van der Waals surface area contributed by atoms with Gasteiger partial charge in [0.15, 0.2) is 0 Å². The predicted octanol–water partition coefficient (Wildman–Crippen LogP) is 3.79. The summed E-state index contributed by atoms with van der Waals surface area (Å²) in [4.78, 5) is 20.8. The van der Waals surface area contributed by atoms with Gasteiger partial charge in [0, 0.05) is 34.5 Å². The maximum absolute atomic E-state index is 10.4. The van der Waals surface area contributed by atoms with Gasteiger partial charge in [0.1, 0.15) is 0 Å². The third-order valence-corrected chi connectivity index (χ3v) is 7.19. The van der Waals surface area contributed by atoms with Crippen LogP contribution in [0.5, 0.6) is 0 Å². The van der Waals surface area contributed by atoms with Crippen LogP contribution in [0.4, 0.5) is 0 Å². The van der Waals surface area contributed by atoms with Crippen molar-refractivity contribution in [3.05, 3.63) is 35.4 Å². The van der Waals surface area contributed by atoms with E-state index in [1.807, 2.05) is 23.5 Å². The molecule has 0 unspecified atom stereocenters. The van der Waals surface area contributed by atoms with Crippen molar-refractivity contribution in [2.24, 2.45) is 0 Å². The fourth-order valence-electron chi connectivity index (χ4n) is 1.74. The minimum Gasteiger partial charge on any atom is -0.481 e. The Hall–Kier alpha value is -0.440. The van der Waals surface area contributed by atoms with Crippen LogP contribution in [-0.4, -0.2) is 56.7 Å². The molecule has 8 heteroatoms. The molecule has 0 aromatic heterocycles. The van der Waals surface area contributed by atoms with Gasteiger partial charge in [-0.2, -0.15) is 23.5 Å². The molecule has 0 amide bonds. The Morgan fingerprint density at radius 1 is 0.750 bits per heavy atom. The first-order valence-electron chi connectivity index (χ1n) is 7.40. The number of carboxylic acids is 2. The molecule has 24 heavy (non-hydrogen) atoms. The average Bonchev–Trinajstić information content (AvgIpc) is 2.54. The van der Waals surface area contributed by atoms with E-state index in [9.17, 15) is 9.59 Å². The zero-order valence-electron chi connectivity index (χ0n) is 13.3. The van der Waals surface area contributed by atoms with Crippen LogP contribution in [0.25, 0.3) is 0 Å². The lowest BCUT2D eigenvalue weighted by molar-refractivity contribution is -0.134. The highest BCUT2D eigenvalue weighted by molar-refractivity contribution is 8.03. The summed E-state index contributed by atoms with van der Waals surface area (Å²) in [5, 5.41) is 17.1. The Labute approximate surface area is 159 Å². The second-order valence-corrected chi connectivity index (χ2v) is 9.24. The zero-order valence-corrected chi connectivity index (χ0v) is 16.6. The molecule has 0 aliphatic rings. The summed E-state index contributed by atoms with van der Waals surface area (Å²) in [6.45, 7) is 0. The molecule has 2 N–H and O–H groups in total. The molecule has 1 rings (SSSR count). The summed E-state index contributed by atoms with van der Waals surface area (Å²) >= 11 is 6.56. The third-order valence-electron chi connectivity index (χ3n) is 2.72. The first-order chi connectivity index (χ1) is 11.6. The van der Waals surface area contributed by atoms with Gasteiger partial charge in [-0.15, -0.1) is 23.5 Å². The SMILES string of the molecule is O=C(O)CSCCSCc1cccc(CSCCSCC(=O)O)c1. The molecule has 0 bridgehead atoms. The van der Waals surface area contributed by atoms with Crippen LogP contribution in [-0.2, 0) is 21.1 Å². The summed E-state index contributed by atoms with van der Waals surface area (Å²) in [7, 11) is 0. The van der Waals surface area contributed by atoms with Gasteiger partial charge in [0.05, 0.1) is 11.5 Å². The topological polar surface area (TPSA) is 74.6 Å². The molecule has 0 saturated heterocycles. The van der Waals surface area contributed by atoms with E-state index >= 15 is 0 Å². The fraction of sp³-hybridized carbons (Fsp3) is 0.500. The second kappa shape index (κ2) is 13.8. The Morgan fingerprint density at radius 3 is 1.58 bits per heavy atom. The van der Waals surface area contributed by atoms with E-state index in [1.54, 1.807) is 0 Å². The van der Waals surface area contributed by atoms with E-state index in [2.05, 4.69) is 24.3 Å². The first kappa shape index (κ1) is 21.6. The molecule has 0 aliphatic heterocycles. The van der Waals surface area contributed by atoms with Crippen LogP contribution in [0.2, 0.25) is 0 Å². The van der Waals surface area contributed by atoms with Gasteiger partial charge in [-0.05, 0) is 11.1 Å². The molecule has 0 spiro atoms. The third kappa shape index (κ3) is 12.0. The van der Waals surface area contributed by atoms with Gasteiger partial charge in [0.2, 0.25) is 0 Å². The van der Waals surface area contributed by atoms with E-state index in [4.69, 9.17) is 10.2 Å². The van der Waals surface area contributed by atoms with Gasteiger partial charge in [-0.25, -0.2) is 0 Å². The van der Waals surface area contributed by atoms with Crippen molar-refractivity contribution >= 4 is 59.0 Å². The molecule has 0 aliphatic carbocycles. The second-order valence-electron chi connectivity index (χ2n) is 4.82. The summed E-state index contributed by atoms with van der Waals surface area (Å²) < 4.78 is 0. The Bertz CT molecular complexity index is 469. The molecule has 0 heterocycles. The molecule has 1 aromatic rings. The summed E-state index contributed by atoms with van der Waals surface area (Å²) in [5.41, 5.74) is 2.59. The van der Waals surface area contributed by atoms with Gasteiger partial charge >= 0.3 is 11.9 Å². The number of carbonyl (C=O) groups is 2. The van der Waals surface area contributed by atoms with Crippen LogP contribution < -0.4 is 0 Å². The number of hydrogen-bond donors (Lipinski definition) is 2. The summed E-state index contributed by atoms with van der Waals surface area (Å²) in [6, 6.07) is 8.53. The van der Waals surface area contributed by atoms with Gasteiger partial charge in [-0.1, -0.05) is 24.3 Å².